The van der Waals surface area contributed by atoms with E-state index in [2.05, 4.69) is 22.5 Å². The minimum atomic E-state index is 0.177. The molecule has 1 heterocycles. The predicted molar refractivity (Wildman–Crippen MR) is 73.4 cm³/mol. The molecule has 0 aliphatic carbocycles. The van der Waals surface area contributed by atoms with Gasteiger partial charge in [-0.25, -0.2) is 4.98 Å². The largest absolute Gasteiger partial charge is 0.383 e. The summed E-state index contributed by atoms with van der Waals surface area (Å²) in [6.07, 6.45) is 0.920. The van der Waals surface area contributed by atoms with Crippen molar-refractivity contribution in [1.82, 2.24) is 4.98 Å². The maximum absolute atomic E-state index is 6.08. The summed E-state index contributed by atoms with van der Waals surface area (Å²) >= 11 is 12.1. The highest BCUT2D eigenvalue weighted by atomic mass is 35.5. The van der Waals surface area contributed by atoms with Gasteiger partial charge in [0.15, 0.2) is 0 Å². The Morgan fingerprint density at radius 1 is 1.35 bits per heavy atom. The Kier molecular flexibility index (Phi) is 5.82. The average Bonchev–Trinajstić information content (AvgIpc) is 2.31. The Balaban J connectivity index is 2.89. The summed E-state index contributed by atoms with van der Waals surface area (Å²) < 4.78 is 5.11. The van der Waals surface area contributed by atoms with Gasteiger partial charge in [-0.15, -0.1) is 0 Å². The van der Waals surface area contributed by atoms with Crippen molar-refractivity contribution in [3.63, 3.8) is 0 Å². The molecule has 0 bridgehead atoms. The zero-order valence-corrected chi connectivity index (χ0v) is 11.7. The van der Waals surface area contributed by atoms with E-state index in [1.165, 1.54) is 0 Å². The maximum atomic E-state index is 6.08. The number of pyridine rings is 1. The Morgan fingerprint density at radius 3 is 2.53 bits per heavy atom. The molecule has 0 amide bonds. The fraction of sp³-hybridized carbons (Fsp3) is 0.545. The Morgan fingerprint density at radius 2 is 2.00 bits per heavy atom. The van der Waals surface area contributed by atoms with Gasteiger partial charge in [0.25, 0.3) is 0 Å². The van der Waals surface area contributed by atoms with E-state index in [0.29, 0.717) is 28.3 Å². The summed E-state index contributed by atoms with van der Waals surface area (Å²) in [5, 5.41) is 7.15. The van der Waals surface area contributed by atoms with E-state index in [-0.39, 0.29) is 6.04 Å². The second-order valence-corrected chi connectivity index (χ2v) is 4.42. The normalized spacial score (nSPS) is 12.3. The fourth-order valence-corrected chi connectivity index (χ4v) is 1.91. The molecule has 0 aromatic carbocycles. The molecule has 0 saturated heterocycles. The van der Waals surface area contributed by atoms with E-state index < -0.39 is 0 Å². The van der Waals surface area contributed by atoms with Crippen LogP contribution in [0.15, 0.2) is 6.07 Å². The van der Waals surface area contributed by atoms with Gasteiger partial charge in [-0.1, -0.05) is 30.1 Å². The van der Waals surface area contributed by atoms with Gasteiger partial charge in [0.1, 0.15) is 11.6 Å². The zero-order valence-electron chi connectivity index (χ0n) is 10.2. The van der Waals surface area contributed by atoms with Crippen LogP contribution in [0, 0.1) is 0 Å². The summed E-state index contributed by atoms with van der Waals surface area (Å²) in [4.78, 5) is 4.32. The highest BCUT2D eigenvalue weighted by molar-refractivity contribution is 6.37. The first-order valence-electron chi connectivity index (χ1n) is 5.41. The molecule has 96 valence electrons. The molecule has 4 nitrogen and oxygen atoms in total. The van der Waals surface area contributed by atoms with E-state index in [0.717, 1.165) is 6.42 Å². The van der Waals surface area contributed by atoms with Crippen molar-refractivity contribution in [3.05, 3.63) is 16.1 Å². The van der Waals surface area contributed by atoms with Crippen molar-refractivity contribution in [1.29, 1.82) is 0 Å². The summed E-state index contributed by atoms with van der Waals surface area (Å²) in [5.41, 5.74) is 0. The molecule has 0 aliphatic rings. The highest BCUT2D eigenvalue weighted by Crippen LogP contribution is 2.29. The monoisotopic (exact) mass is 277 g/mol. The number of nitrogens with one attached hydrogen (secondary N) is 2. The van der Waals surface area contributed by atoms with Crippen LogP contribution in [0.5, 0.6) is 0 Å². The molecule has 0 fully saturated rings. The lowest BCUT2D eigenvalue weighted by atomic mass is 10.2. The minimum Gasteiger partial charge on any atom is -0.383 e. The Bertz CT molecular complexity index is 374. The molecule has 6 heteroatoms. The van der Waals surface area contributed by atoms with Gasteiger partial charge in [0.05, 0.1) is 22.7 Å². The van der Waals surface area contributed by atoms with Gasteiger partial charge in [-0.2, -0.15) is 0 Å². The van der Waals surface area contributed by atoms with E-state index >= 15 is 0 Å². The average molecular weight is 278 g/mol. The van der Waals surface area contributed by atoms with Gasteiger partial charge in [0.2, 0.25) is 0 Å². The first kappa shape index (κ1) is 14.4. The molecule has 1 rings (SSSR count). The van der Waals surface area contributed by atoms with E-state index in [1.54, 1.807) is 20.2 Å². The highest BCUT2D eigenvalue weighted by Gasteiger charge is 2.12. The van der Waals surface area contributed by atoms with Gasteiger partial charge >= 0.3 is 0 Å². The van der Waals surface area contributed by atoms with Gasteiger partial charge in [-0.05, 0) is 12.5 Å². The van der Waals surface area contributed by atoms with Crippen molar-refractivity contribution >= 4 is 34.8 Å². The molecule has 17 heavy (non-hydrogen) atoms. The third-order valence-electron chi connectivity index (χ3n) is 2.37. The molecular formula is C11H17Cl2N3O. The first-order chi connectivity index (χ1) is 8.12. The quantitative estimate of drug-likeness (QED) is 0.838. The second kappa shape index (κ2) is 6.89. The maximum Gasteiger partial charge on any atom is 0.147 e. The molecule has 0 saturated carbocycles. The topological polar surface area (TPSA) is 46.2 Å². The molecule has 0 aliphatic heterocycles. The van der Waals surface area contributed by atoms with Crippen molar-refractivity contribution in [3.8, 4) is 0 Å². The smallest absolute Gasteiger partial charge is 0.147 e. The lowest BCUT2D eigenvalue weighted by molar-refractivity contribution is 0.184. The van der Waals surface area contributed by atoms with Crippen LogP contribution in [0.2, 0.25) is 10.0 Å². The number of rotatable bonds is 6. The molecule has 1 atom stereocenters. The van der Waals surface area contributed by atoms with Crippen molar-refractivity contribution in [2.75, 3.05) is 31.4 Å². The number of hydrogen-bond acceptors (Lipinski definition) is 4. The van der Waals surface area contributed by atoms with Crippen molar-refractivity contribution in [2.45, 2.75) is 19.4 Å². The molecule has 1 unspecified atom stereocenters. The molecule has 0 spiro atoms. The predicted octanol–water partition coefficient (Wildman–Crippen LogP) is 3.27. The number of nitrogens with zero attached hydrogens (tertiary/aromatic N) is 1. The van der Waals surface area contributed by atoms with Crippen LogP contribution >= 0.6 is 23.2 Å². The summed E-state index contributed by atoms with van der Waals surface area (Å²) in [6, 6.07) is 1.85. The van der Waals surface area contributed by atoms with Gasteiger partial charge < -0.3 is 15.4 Å². The third-order valence-corrected chi connectivity index (χ3v) is 2.94. The number of halogens is 2. The number of anilines is 2. The van der Waals surface area contributed by atoms with Crippen LogP contribution in [0.25, 0.3) is 0 Å². The second-order valence-electron chi connectivity index (χ2n) is 3.60. The first-order valence-corrected chi connectivity index (χ1v) is 6.17. The van der Waals surface area contributed by atoms with Gasteiger partial charge in [0, 0.05) is 14.2 Å². The van der Waals surface area contributed by atoms with Crippen LogP contribution in [-0.2, 0) is 4.74 Å². The molecule has 1 aromatic heterocycles. The van der Waals surface area contributed by atoms with Crippen LogP contribution in [0.1, 0.15) is 13.3 Å². The third kappa shape index (κ3) is 3.91. The van der Waals surface area contributed by atoms with Gasteiger partial charge in [-0.3, -0.25) is 0 Å². The Labute approximate surface area is 112 Å². The number of ether oxygens (including phenoxy) is 1. The molecule has 1 aromatic rings. The fourth-order valence-electron chi connectivity index (χ4n) is 1.40. The lowest BCUT2D eigenvalue weighted by Crippen LogP contribution is -2.24. The summed E-state index contributed by atoms with van der Waals surface area (Å²) in [6.45, 7) is 2.67. The zero-order chi connectivity index (χ0) is 12.8. The van der Waals surface area contributed by atoms with Crippen LogP contribution in [0.4, 0.5) is 11.6 Å². The van der Waals surface area contributed by atoms with Crippen LogP contribution in [-0.4, -0.2) is 31.8 Å². The van der Waals surface area contributed by atoms with E-state index in [1.807, 2.05) is 0 Å². The summed E-state index contributed by atoms with van der Waals surface area (Å²) in [5.74, 6) is 1.22. The number of methoxy groups -OCH3 is 1. The van der Waals surface area contributed by atoms with Crippen molar-refractivity contribution < 1.29 is 4.74 Å². The van der Waals surface area contributed by atoms with Crippen LogP contribution < -0.4 is 10.6 Å². The Hall–Kier alpha value is -0.710. The molecule has 2 N–H and O–H groups in total. The SMILES string of the molecule is CCC(COC)Nc1nc(NC)c(Cl)cc1Cl. The standard InChI is InChI=1S/C11H17Cl2N3O/c1-4-7(6-17-3)15-11-9(13)5-8(12)10(14-2)16-11/h5,7H,4,6H2,1-3H3,(H2,14,15,16). The minimum absolute atomic E-state index is 0.177. The van der Waals surface area contributed by atoms with E-state index in [9.17, 15) is 0 Å². The van der Waals surface area contributed by atoms with Crippen LogP contribution in [0.3, 0.4) is 0 Å². The summed E-state index contributed by atoms with van der Waals surface area (Å²) in [7, 11) is 3.43. The molecular weight excluding hydrogens is 261 g/mol. The van der Waals surface area contributed by atoms with E-state index in [4.69, 9.17) is 27.9 Å². The van der Waals surface area contributed by atoms with Crippen molar-refractivity contribution in [2.24, 2.45) is 0 Å². The number of hydrogen-bond donors (Lipinski definition) is 2. The number of aromatic nitrogens is 1. The molecule has 0 radical (unpaired) electrons. The lowest BCUT2D eigenvalue weighted by Gasteiger charge is -2.18.